The van der Waals surface area contributed by atoms with Crippen LogP contribution in [0, 0.1) is 11.8 Å². The molecule has 0 aromatic heterocycles. The first-order chi connectivity index (χ1) is 7.24. The Morgan fingerprint density at radius 3 is 2.40 bits per heavy atom. The largest absolute Gasteiger partial charge is 0.469 e. The van der Waals surface area contributed by atoms with Gasteiger partial charge < -0.3 is 10.1 Å². The molecule has 1 unspecified atom stereocenters. The fourth-order valence-corrected chi connectivity index (χ4v) is 1.91. The molecule has 3 heteroatoms. The topological polar surface area (TPSA) is 38.3 Å². The number of nitrogens with one attached hydrogen (secondary N) is 1. The van der Waals surface area contributed by atoms with Crippen LogP contribution in [0.25, 0.3) is 0 Å². The lowest BCUT2D eigenvalue weighted by molar-refractivity contribution is -0.145. The minimum absolute atomic E-state index is 0.0631. The highest BCUT2D eigenvalue weighted by Crippen LogP contribution is 2.21. The number of piperidine rings is 1. The van der Waals surface area contributed by atoms with E-state index in [0.29, 0.717) is 5.92 Å². The van der Waals surface area contributed by atoms with Crippen molar-refractivity contribution < 1.29 is 9.53 Å². The van der Waals surface area contributed by atoms with E-state index in [-0.39, 0.29) is 11.9 Å². The van der Waals surface area contributed by atoms with Gasteiger partial charge in [0.25, 0.3) is 0 Å². The molecular formula is C12H25NO2. The Kier molecular flexibility index (Phi) is 8.38. The molecule has 0 radical (unpaired) electrons. The average Bonchev–Trinajstić information content (AvgIpc) is 2.32. The summed E-state index contributed by atoms with van der Waals surface area (Å²) in [5, 5.41) is 3.31. The molecule has 0 aromatic rings. The minimum atomic E-state index is -0.0708. The van der Waals surface area contributed by atoms with E-state index < -0.39 is 0 Å². The van der Waals surface area contributed by atoms with Crippen molar-refractivity contribution in [2.75, 3.05) is 20.2 Å². The van der Waals surface area contributed by atoms with Crippen molar-refractivity contribution in [3.63, 3.8) is 0 Å². The van der Waals surface area contributed by atoms with Gasteiger partial charge in [0.05, 0.1) is 13.0 Å². The van der Waals surface area contributed by atoms with Gasteiger partial charge >= 0.3 is 5.97 Å². The van der Waals surface area contributed by atoms with Crippen molar-refractivity contribution in [1.29, 1.82) is 0 Å². The Bertz CT molecular complexity index is 165. The minimum Gasteiger partial charge on any atom is -0.469 e. The number of hydrogen-bond donors (Lipinski definition) is 1. The van der Waals surface area contributed by atoms with Gasteiger partial charge in [-0.05, 0) is 38.3 Å². The normalized spacial score (nSPS) is 18.7. The molecule has 1 fully saturated rings. The van der Waals surface area contributed by atoms with E-state index in [1.54, 1.807) is 0 Å². The van der Waals surface area contributed by atoms with Gasteiger partial charge in [0.15, 0.2) is 0 Å². The zero-order chi connectivity index (χ0) is 11.7. The Balaban J connectivity index is 0.000000921. The van der Waals surface area contributed by atoms with Crippen molar-refractivity contribution in [3.8, 4) is 0 Å². The summed E-state index contributed by atoms with van der Waals surface area (Å²) >= 11 is 0. The zero-order valence-electron chi connectivity index (χ0n) is 10.5. The molecular weight excluding hydrogens is 190 g/mol. The van der Waals surface area contributed by atoms with Crippen LogP contribution in [0.2, 0.25) is 0 Å². The lowest BCUT2D eigenvalue weighted by atomic mass is 9.89. The molecule has 1 heterocycles. The summed E-state index contributed by atoms with van der Waals surface area (Å²) in [5.74, 6) is 0.696. The second-order valence-corrected chi connectivity index (χ2v) is 3.85. The van der Waals surface area contributed by atoms with Gasteiger partial charge in [0.1, 0.15) is 0 Å². The highest BCUT2D eigenvalue weighted by atomic mass is 16.5. The molecule has 1 aliphatic heterocycles. The first-order valence-electron chi connectivity index (χ1n) is 6.02. The SMILES string of the molecule is CC.COC(=O)C(C)CC1CCNCC1. The van der Waals surface area contributed by atoms with Crippen molar-refractivity contribution in [2.24, 2.45) is 11.8 Å². The third-order valence-corrected chi connectivity index (χ3v) is 2.75. The van der Waals surface area contributed by atoms with E-state index >= 15 is 0 Å². The Morgan fingerprint density at radius 2 is 1.93 bits per heavy atom. The van der Waals surface area contributed by atoms with Gasteiger partial charge in [-0.3, -0.25) is 4.79 Å². The summed E-state index contributed by atoms with van der Waals surface area (Å²) in [7, 11) is 1.46. The maximum atomic E-state index is 11.1. The van der Waals surface area contributed by atoms with Crippen LogP contribution in [0.15, 0.2) is 0 Å². The maximum absolute atomic E-state index is 11.1. The number of methoxy groups -OCH3 is 1. The van der Waals surface area contributed by atoms with E-state index in [9.17, 15) is 4.79 Å². The number of hydrogen-bond acceptors (Lipinski definition) is 3. The predicted molar refractivity (Wildman–Crippen MR) is 62.7 cm³/mol. The molecule has 1 saturated heterocycles. The Labute approximate surface area is 93.6 Å². The van der Waals surface area contributed by atoms with Crippen molar-refractivity contribution in [3.05, 3.63) is 0 Å². The lowest BCUT2D eigenvalue weighted by Gasteiger charge is -2.24. The van der Waals surface area contributed by atoms with Gasteiger partial charge in [-0.2, -0.15) is 0 Å². The second-order valence-electron chi connectivity index (χ2n) is 3.85. The quantitative estimate of drug-likeness (QED) is 0.734. The van der Waals surface area contributed by atoms with Crippen molar-refractivity contribution in [1.82, 2.24) is 5.32 Å². The van der Waals surface area contributed by atoms with Crippen LogP contribution >= 0.6 is 0 Å². The third kappa shape index (κ3) is 5.78. The maximum Gasteiger partial charge on any atom is 0.308 e. The zero-order valence-corrected chi connectivity index (χ0v) is 10.5. The standard InChI is InChI=1S/C10H19NO2.C2H6/c1-8(10(12)13-2)7-9-3-5-11-6-4-9;1-2/h8-9,11H,3-7H2,1-2H3;1-2H3. The summed E-state index contributed by atoms with van der Waals surface area (Å²) < 4.78 is 4.70. The summed E-state index contributed by atoms with van der Waals surface area (Å²) in [5.41, 5.74) is 0. The van der Waals surface area contributed by atoms with Crippen molar-refractivity contribution >= 4 is 5.97 Å². The average molecular weight is 215 g/mol. The lowest BCUT2D eigenvalue weighted by Crippen LogP contribution is -2.29. The van der Waals surface area contributed by atoms with Gasteiger partial charge in [0, 0.05) is 0 Å². The van der Waals surface area contributed by atoms with Crippen LogP contribution < -0.4 is 5.32 Å². The van der Waals surface area contributed by atoms with Crippen LogP contribution in [0.4, 0.5) is 0 Å². The van der Waals surface area contributed by atoms with E-state index in [4.69, 9.17) is 4.74 Å². The number of rotatable bonds is 3. The summed E-state index contributed by atoms with van der Waals surface area (Å²) in [6, 6.07) is 0. The number of esters is 1. The predicted octanol–water partition coefficient (Wildman–Crippen LogP) is 2.21. The van der Waals surface area contributed by atoms with Gasteiger partial charge in [0.2, 0.25) is 0 Å². The van der Waals surface area contributed by atoms with E-state index in [0.717, 1.165) is 19.5 Å². The number of ether oxygens (including phenoxy) is 1. The molecule has 90 valence electrons. The monoisotopic (exact) mass is 215 g/mol. The van der Waals surface area contributed by atoms with Crippen LogP contribution in [0.5, 0.6) is 0 Å². The number of carbonyl (C=O) groups is 1. The summed E-state index contributed by atoms with van der Waals surface area (Å²) in [4.78, 5) is 11.1. The molecule has 0 bridgehead atoms. The van der Waals surface area contributed by atoms with E-state index in [1.807, 2.05) is 20.8 Å². The number of carbonyl (C=O) groups excluding carboxylic acids is 1. The van der Waals surface area contributed by atoms with Crippen molar-refractivity contribution in [2.45, 2.75) is 40.0 Å². The molecule has 0 amide bonds. The summed E-state index contributed by atoms with van der Waals surface area (Å²) in [6.45, 7) is 8.14. The molecule has 0 spiro atoms. The van der Waals surface area contributed by atoms with E-state index in [1.165, 1.54) is 20.0 Å². The molecule has 1 aliphatic rings. The highest BCUT2D eigenvalue weighted by Gasteiger charge is 2.20. The fraction of sp³-hybridized carbons (Fsp3) is 0.917. The van der Waals surface area contributed by atoms with Crippen LogP contribution in [-0.4, -0.2) is 26.2 Å². The van der Waals surface area contributed by atoms with Gasteiger partial charge in [-0.1, -0.05) is 20.8 Å². The Hall–Kier alpha value is -0.570. The molecule has 0 saturated carbocycles. The highest BCUT2D eigenvalue weighted by molar-refractivity contribution is 5.71. The first kappa shape index (κ1) is 14.4. The van der Waals surface area contributed by atoms with Gasteiger partial charge in [-0.15, -0.1) is 0 Å². The second kappa shape index (κ2) is 8.72. The van der Waals surface area contributed by atoms with Crippen LogP contribution in [0.3, 0.4) is 0 Å². The molecule has 1 atom stereocenters. The van der Waals surface area contributed by atoms with Gasteiger partial charge in [-0.25, -0.2) is 0 Å². The molecule has 15 heavy (non-hydrogen) atoms. The van der Waals surface area contributed by atoms with Crippen LogP contribution in [0.1, 0.15) is 40.0 Å². The van der Waals surface area contributed by atoms with E-state index in [2.05, 4.69) is 5.32 Å². The Morgan fingerprint density at radius 1 is 1.40 bits per heavy atom. The molecule has 0 aliphatic carbocycles. The molecule has 1 N–H and O–H groups in total. The molecule has 1 rings (SSSR count). The smallest absolute Gasteiger partial charge is 0.308 e. The van der Waals surface area contributed by atoms with Crippen LogP contribution in [-0.2, 0) is 9.53 Å². The molecule has 3 nitrogen and oxygen atoms in total. The first-order valence-corrected chi connectivity index (χ1v) is 6.02. The fourth-order valence-electron chi connectivity index (χ4n) is 1.91. The third-order valence-electron chi connectivity index (χ3n) is 2.75. The summed E-state index contributed by atoms with van der Waals surface area (Å²) in [6.07, 6.45) is 3.37. The molecule has 0 aromatic carbocycles.